The molecule has 0 atom stereocenters. The van der Waals surface area contributed by atoms with Gasteiger partial charge < -0.3 is 5.32 Å². The monoisotopic (exact) mass is 232 g/mol. The maximum Gasteiger partial charge on any atom is 0.193 e. The summed E-state index contributed by atoms with van der Waals surface area (Å²) in [7, 11) is 1.65. The fraction of sp³-hybridized carbons (Fsp3) is 0.200. The quantitative estimate of drug-likeness (QED) is 0.847. The highest BCUT2D eigenvalue weighted by atomic mass is 19.1. The maximum atomic E-state index is 13.5. The number of hydrogen-bond donors (Lipinski definition) is 1. The van der Waals surface area contributed by atoms with Crippen molar-refractivity contribution in [3.8, 4) is 6.07 Å². The first kappa shape index (κ1) is 11.0. The van der Waals surface area contributed by atoms with E-state index >= 15 is 0 Å². The Morgan fingerprint density at radius 1 is 1.53 bits per heavy atom. The van der Waals surface area contributed by atoms with Gasteiger partial charge in [-0.15, -0.1) is 10.2 Å². The molecule has 17 heavy (non-hydrogen) atoms. The molecule has 2 aromatic rings. The second-order valence-corrected chi connectivity index (χ2v) is 3.36. The Morgan fingerprint density at radius 2 is 2.35 bits per heavy atom. The number of hydrogen-bond acceptors (Lipinski definition) is 5. The van der Waals surface area contributed by atoms with Crippen molar-refractivity contribution >= 4 is 5.69 Å². The fourth-order valence-electron chi connectivity index (χ4n) is 1.30. The molecular formula is C10H9FN6. The molecule has 0 saturated heterocycles. The summed E-state index contributed by atoms with van der Waals surface area (Å²) >= 11 is 0. The number of tetrazole rings is 1. The molecule has 0 bridgehead atoms. The van der Waals surface area contributed by atoms with Gasteiger partial charge in [-0.05, 0) is 23.4 Å². The summed E-state index contributed by atoms with van der Waals surface area (Å²) in [6.07, 6.45) is 0. The molecule has 6 nitrogen and oxygen atoms in total. The molecule has 0 aliphatic rings. The molecule has 1 aromatic heterocycles. The maximum absolute atomic E-state index is 13.5. The topological polar surface area (TPSA) is 79.4 Å². The zero-order chi connectivity index (χ0) is 12.3. The van der Waals surface area contributed by atoms with Crippen molar-refractivity contribution in [2.24, 2.45) is 7.05 Å². The van der Waals surface area contributed by atoms with Crippen molar-refractivity contribution in [3.05, 3.63) is 35.4 Å². The minimum atomic E-state index is -0.479. The van der Waals surface area contributed by atoms with Crippen LogP contribution in [-0.4, -0.2) is 20.2 Å². The summed E-state index contributed by atoms with van der Waals surface area (Å²) in [4.78, 5) is 1.33. The van der Waals surface area contributed by atoms with Crippen molar-refractivity contribution in [3.63, 3.8) is 0 Å². The van der Waals surface area contributed by atoms with Crippen molar-refractivity contribution < 1.29 is 4.39 Å². The van der Waals surface area contributed by atoms with Gasteiger partial charge in [0.05, 0.1) is 30.9 Å². The lowest BCUT2D eigenvalue weighted by Gasteiger charge is -2.04. The number of nitrogens with one attached hydrogen (secondary N) is 1. The van der Waals surface area contributed by atoms with Gasteiger partial charge in [0.1, 0.15) is 5.82 Å². The second-order valence-electron chi connectivity index (χ2n) is 3.36. The minimum Gasteiger partial charge on any atom is -0.375 e. The van der Waals surface area contributed by atoms with Crippen LogP contribution >= 0.6 is 0 Å². The first-order valence-corrected chi connectivity index (χ1v) is 4.85. The Morgan fingerprint density at radius 3 is 2.94 bits per heavy atom. The fourth-order valence-corrected chi connectivity index (χ4v) is 1.30. The van der Waals surface area contributed by atoms with Gasteiger partial charge >= 0.3 is 0 Å². The predicted octanol–water partition coefficient (Wildman–Crippen LogP) is 0.833. The van der Waals surface area contributed by atoms with Crippen LogP contribution < -0.4 is 5.32 Å². The van der Waals surface area contributed by atoms with Gasteiger partial charge in [-0.2, -0.15) is 10.1 Å². The molecular weight excluding hydrogens is 223 g/mol. The standard InChI is InChI=1S/C10H9FN6/c1-17-15-10(14-16-17)6-13-9-3-2-7(5-12)4-8(9)11/h2-4,13H,6H2,1H3. The summed E-state index contributed by atoms with van der Waals surface area (Å²) < 4.78 is 13.5. The average molecular weight is 232 g/mol. The van der Waals surface area contributed by atoms with Crippen molar-refractivity contribution in [1.82, 2.24) is 20.2 Å². The van der Waals surface area contributed by atoms with Crippen LogP contribution in [0.4, 0.5) is 10.1 Å². The van der Waals surface area contributed by atoms with Crippen LogP contribution in [0.3, 0.4) is 0 Å². The van der Waals surface area contributed by atoms with Crippen LogP contribution in [0.1, 0.15) is 11.4 Å². The summed E-state index contributed by atoms with van der Waals surface area (Å²) in [5, 5.41) is 22.8. The molecule has 1 N–H and O–H groups in total. The number of anilines is 1. The van der Waals surface area contributed by atoms with E-state index in [0.717, 1.165) is 0 Å². The molecule has 7 heteroatoms. The van der Waals surface area contributed by atoms with Gasteiger partial charge in [0.2, 0.25) is 0 Å². The van der Waals surface area contributed by atoms with Crippen LogP contribution in [0.5, 0.6) is 0 Å². The van der Waals surface area contributed by atoms with Gasteiger partial charge in [-0.25, -0.2) is 4.39 Å². The Labute approximate surface area is 96.7 Å². The van der Waals surface area contributed by atoms with Gasteiger partial charge in [-0.3, -0.25) is 0 Å². The van der Waals surface area contributed by atoms with E-state index in [1.54, 1.807) is 7.05 Å². The third kappa shape index (κ3) is 2.55. The van der Waals surface area contributed by atoms with E-state index < -0.39 is 5.82 Å². The summed E-state index contributed by atoms with van der Waals surface area (Å²) in [5.41, 5.74) is 0.585. The molecule has 0 amide bonds. The molecule has 86 valence electrons. The van der Waals surface area contributed by atoms with Crippen LogP contribution in [0, 0.1) is 17.1 Å². The van der Waals surface area contributed by atoms with E-state index in [1.165, 1.54) is 23.0 Å². The van der Waals surface area contributed by atoms with Crippen LogP contribution in [0.15, 0.2) is 18.2 Å². The molecule has 0 spiro atoms. The molecule has 2 rings (SSSR count). The highest BCUT2D eigenvalue weighted by Gasteiger charge is 2.05. The Kier molecular flexibility index (Phi) is 2.96. The van der Waals surface area contributed by atoms with E-state index in [2.05, 4.69) is 20.7 Å². The first-order chi connectivity index (χ1) is 8.19. The Balaban J connectivity index is 2.07. The smallest absolute Gasteiger partial charge is 0.193 e. The van der Waals surface area contributed by atoms with Gasteiger partial charge in [0.15, 0.2) is 5.82 Å². The van der Waals surface area contributed by atoms with Gasteiger partial charge in [0, 0.05) is 0 Å². The van der Waals surface area contributed by atoms with E-state index in [4.69, 9.17) is 5.26 Å². The highest BCUT2D eigenvalue weighted by molar-refractivity contribution is 5.48. The minimum absolute atomic E-state index is 0.274. The number of nitrogens with zero attached hydrogens (tertiary/aromatic N) is 5. The van der Waals surface area contributed by atoms with E-state index in [-0.39, 0.29) is 12.1 Å². The van der Waals surface area contributed by atoms with Crippen LogP contribution in [0.2, 0.25) is 0 Å². The molecule has 1 aromatic carbocycles. The van der Waals surface area contributed by atoms with E-state index in [1.807, 2.05) is 6.07 Å². The molecule has 0 unspecified atom stereocenters. The number of nitriles is 1. The number of rotatable bonds is 3. The Bertz CT molecular complexity index is 570. The first-order valence-electron chi connectivity index (χ1n) is 4.85. The molecule has 0 aliphatic heterocycles. The summed E-state index contributed by atoms with van der Waals surface area (Å²) in [6, 6.07) is 6.08. The normalized spacial score (nSPS) is 9.94. The SMILES string of the molecule is Cn1nnc(CNc2ccc(C#N)cc2F)n1. The number of aryl methyl sites for hydroxylation is 1. The van der Waals surface area contributed by atoms with E-state index in [9.17, 15) is 4.39 Å². The molecule has 0 fully saturated rings. The largest absolute Gasteiger partial charge is 0.375 e. The predicted molar refractivity (Wildman–Crippen MR) is 57.2 cm³/mol. The number of aromatic nitrogens is 4. The zero-order valence-electron chi connectivity index (χ0n) is 9.05. The van der Waals surface area contributed by atoms with Gasteiger partial charge in [-0.1, -0.05) is 0 Å². The van der Waals surface area contributed by atoms with Crippen LogP contribution in [0.25, 0.3) is 0 Å². The van der Waals surface area contributed by atoms with E-state index in [0.29, 0.717) is 11.5 Å². The lowest BCUT2D eigenvalue weighted by atomic mass is 10.2. The second kappa shape index (κ2) is 4.57. The lowest BCUT2D eigenvalue weighted by molar-refractivity contribution is 0.626. The molecule has 0 aliphatic carbocycles. The molecule has 0 saturated carbocycles. The Hall–Kier alpha value is -2.49. The summed E-state index contributed by atoms with van der Waals surface area (Å²) in [5.74, 6) is -0.01000. The highest BCUT2D eigenvalue weighted by Crippen LogP contribution is 2.15. The average Bonchev–Trinajstić information content (AvgIpc) is 2.73. The van der Waals surface area contributed by atoms with Crippen molar-refractivity contribution in [2.75, 3.05) is 5.32 Å². The molecule has 0 radical (unpaired) electrons. The third-order valence-corrected chi connectivity index (χ3v) is 2.08. The third-order valence-electron chi connectivity index (χ3n) is 2.08. The molecule has 1 heterocycles. The zero-order valence-corrected chi connectivity index (χ0v) is 9.05. The van der Waals surface area contributed by atoms with Gasteiger partial charge in [0.25, 0.3) is 0 Å². The van der Waals surface area contributed by atoms with Crippen LogP contribution in [-0.2, 0) is 13.6 Å². The van der Waals surface area contributed by atoms with Crippen molar-refractivity contribution in [2.45, 2.75) is 6.54 Å². The number of benzene rings is 1. The number of halogens is 1. The summed E-state index contributed by atoms with van der Waals surface area (Å²) in [6.45, 7) is 0.274. The van der Waals surface area contributed by atoms with Crippen molar-refractivity contribution in [1.29, 1.82) is 5.26 Å². The lowest BCUT2D eigenvalue weighted by Crippen LogP contribution is -2.04.